The number of rotatable bonds is 3. The van der Waals surface area contributed by atoms with E-state index in [-0.39, 0.29) is 11.3 Å². The van der Waals surface area contributed by atoms with Crippen LogP contribution in [0.15, 0.2) is 47.6 Å². The van der Waals surface area contributed by atoms with Crippen LogP contribution >= 0.6 is 0 Å². The number of aliphatic imine (C=N–C) groups is 1. The number of aromatic amines is 1. The molecule has 3 amide bonds. The second kappa shape index (κ2) is 7.49. The smallest absolute Gasteiger partial charge is 0.328 e. The average molecular weight is 433 g/mol. The fourth-order valence-electron chi connectivity index (χ4n) is 3.51. The van der Waals surface area contributed by atoms with Gasteiger partial charge in [-0.3, -0.25) is 9.89 Å². The van der Waals surface area contributed by atoms with Crippen molar-refractivity contribution in [2.45, 2.75) is 19.1 Å². The summed E-state index contributed by atoms with van der Waals surface area (Å²) in [7, 11) is 0. The molecule has 1 aliphatic heterocycles. The molecule has 0 saturated carbocycles. The van der Waals surface area contributed by atoms with Crippen LogP contribution in [0, 0.1) is 11.7 Å². The summed E-state index contributed by atoms with van der Waals surface area (Å²) < 4.78 is 53.2. The summed E-state index contributed by atoms with van der Waals surface area (Å²) in [6.07, 6.45) is -3.16. The van der Waals surface area contributed by atoms with Gasteiger partial charge in [-0.1, -0.05) is 6.07 Å². The minimum Gasteiger partial charge on any atom is -0.328 e. The number of aromatic nitrogens is 2. The van der Waals surface area contributed by atoms with Gasteiger partial charge >= 0.3 is 12.2 Å². The first kappa shape index (κ1) is 20.5. The molecule has 2 unspecified atom stereocenters. The molecule has 7 nitrogen and oxygen atoms in total. The van der Waals surface area contributed by atoms with E-state index in [0.717, 1.165) is 17.0 Å². The number of fused-ring (bicyclic) bond motifs is 1. The number of halogens is 4. The fourth-order valence-corrected chi connectivity index (χ4v) is 3.51. The van der Waals surface area contributed by atoms with E-state index >= 15 is 0 Å². The summed E-state index contributed by atoms with van der Waals surface area (Å²) in [4.78, 5) is 28.6. The maximum Gasteiger partial charge on any atom is 0.416 e. The third-order valence-corrected chi connectivity index (χ3v) is 4.99. The van der Waals surface area contributed by atoms with Gasteiger partial charge < -0.3 is 10.6 Å². The van der Waals surface area contributed by atoms with Crippen molar-refractivity contribution in [2.24, 2.45) is 10.9 Å². The van der Waals surface area contributed by atoms with Crippen LogP contribution in [0.5, 0.6) is 0 Å². The average Bonchev–Trinajstić information content (AvgIpc) is 3.14. The van der Waals surface area contributed by atoms with Gasteiger partial charge in [0.15, 0.2) is 0 Å². The van der Waals surface area contributed by atoms with Crippen LogP contribution in [0.1, 0.15) is 24.1 Å². The summed E-state index contributed by atoms with van der Waals surface area (Å²) >= 11 is 0. The number of amides is 3. The van der Waals surface area contributed by atoms with E-state index in [1.54, 1.807) is 24.4 Å². The molecule has 2 atom stereocenters. The molecular formula is C20H15F4N5O2. The van der Waals surface area contributed by atoms with Crippen LogP contribution in [0.4, 0.5) is 28.0 Å². The minimum absolute atomic E-state index is 0.106. The van der Waals surface area contributed by atoms with E-state index in [0.29, 0.717) is 17.8 Å². The highest BCUT2D eigenvalue weighted by atomic mass is 19.4. The fraction of sp³-hybridized carbons (Fsp3) is 0.200. The van der Waals surface area contributed by atoms with Gasteiger partial charge in [-0.2, -0.15) is 18.3 Å². The first-order chi connectivity index (χ1) is 14.6. The topological polar surface area (TPSA) is 99.2 Å². The van der Waals surface area contributed by atoms with Crippen LogP contribution < -0.4 is 10.6 Å². The second-order valence-corrected chi connectivity index (χ2v) is 7.05. The minimum atomic E-state index is -4.73. The van der Waals surface area contributed by atoms with Gasteiger partial charge in [0.25, 0.3) is 0 Å². The largest absolute Gasteiger partial charge is 0.416 e. The molecule has 0 fully saturated rings. The van der Waals surface area contributed by atoms with Gasteiger partial charge in [0, 0.05) is 22.3 Å². The monoisotopic (exact) mass is 433 g/mol. The Morgan fingerprint density at radius 3 is 2.65 bits per heavy atom. The third-order valence-electron chi connectivity index (χ3n) is 4.99. The van der Waals surface area contributed by atoms with Crippen LogP contribution in [0.3, 0.4) is 0 Å². The third kappa shape index (κ3) is 3.98. The van der Waals surface area contributed by atoms with Crippen molar-refractivity contribution in [2.75, 3.05) is 5.32 Å². The summed E-state index contributed by atoms with van der Waals surface area (Å²) in [6, 6.07) is 4.90. The molecule has 11 heteroatoms. The number of nitrogens with zero attached hydrogens (tertiary/aromatic N) is 2. The molecule has 0 bridgehead atoms. The maximum absolute atomic E-state index is 14.6. The summed E-state index contributed by atoms with van der Waals surface area (Å²) in [6.45, 7) is 1.43. The second-order valence-electron chi connectivity index (χ2n) is 7.05. The van der Waals surface area contributed by atoms with E-state index in [1.807, 2.05) is 0 Å². The molecule has 0 radical (unpaired) electrons. The van der Waals surface area contributed by atoms with Crippen molar-refractivity contribution in [3.05, 3.63) is 59.5 Å². The predicted molar refractivity (Wildman–Crippen MR) is 104 cm³/mol. The molecule has 2 aromatic carbocycles. The number of nitrogens with one attached hydrogen (secondary N) is 3. The molecule has 0 spiro atoms. The number of carbonyl (C=O) groups excluding carboxylic acids is 2. The van der Waals surface area contributed by atoms with Gasteiger partial charge in [-0.25, -0.2) is 14.2 Å². The van der Waals surface area contributed by atoms with E-state index in [9.17, 15) is 27.2 Å². The maximum atomic E-state index is 14.6. The highest BCUT2D eigenvalue weighted by molar-refractivity contribution is 6.13. The molecule has 1 aromatic heterocycles. The predicted octanol–water partition coefficient (Wildman–Crippen LogP) is 4.20. The zero-order valence-corrected chi connectivity index (χ0v) is 15.9. The standard InChI is InChI=1S/C20H15F4N5O2/c1-9-16(18(30)27-12-3-5-15-10(6-12)8-25-29-15)17(28-19(31)26-9)13-4-2-11(7-14(13)21)20(22,23)24/h2-8,16-17H,1H3,(H,25,29)(H,27,30)(H,28,31). The summed E-state index contributed by atoms with van der Waals surface area (Å²) in [5, 5.41) is 12.5. The zero-order chi connectivity index (χ0) is 22.3. The Balaban J connectivity index is 1.67. The molecule has 3 aromatic rings. The molecule has 3 N–H and O–H groups in total. The molecular weight excluding hydrogens is 418 g/mol. The summed E-state index contributed by atoms with van der Waals surface area (Å²) in [5.74, 6) is -2.93. The highest BCUT2D eigenvalue weighted by Crippen LogP contribution is 2.34. The number of benzene rings is 2. The zero-order valence-electron chi connectivity index (χ0n) is 15.9. The van der Waals surface area contributed by atoms with E-state index in [4.69, 9.17) is 0 Å². The van der Waals surface area contributed by atoms with Gasteiger partial charge in [0.2, 0.25) is 5.91 Å². The van der Waals surface area contributed by atoms with Crippen molar-refractivity contribution in [1.82, 2.24) is 15.5 Å². The van der Waals surface area contributed by atoms with Crippen molar-refractivity contribution in [1.29, 1.82) is 0 Å². The highest BCUT2D eigenvalue weighted by Gasteiger charge is 2.39. The number of hydrogen-bond donors (Lipinski definition) is 3. The Hall–Kier alpha value is -3.76. The lowest BCUT2D eigenvalue weighted by Gasteiger charge is -2.30. The van der Waals surface area contributed by atoms with E-state index < -0.39 is 41.5 Å². The Labute approximate surface area is 172 Å². The van der Waals surface area contributed by atoms with Gasteiger partial charge in [0.05, 0.1) is 23.3 Å². The van der Waals surface area contributed by atoms with E-state index in [1.165, 1.54) is 6.92 Å². The van der Waals surface area contributed by atoms with Crippen molar-refractivity contribution in [3.8, 4) is 0 Å². The first-order valence-corrected chi connectivity index (χ1v) is 9.10. The SMILES string of the molecule is CC1=NC(=O)NC(c2ccc(C(F)(F)F)cc2F)C1C(=O)Nc1ccc2[nH]ncc2c1. The molecule has 1 aliphatic rings. The first-order valence-electron chi connectivity index (χ1n) is 9.10. The lowest BCUT2D eigenvalue weighted by molar-refractivity contribution is -0.137. The number of urea groups is 1. The van der Waals surface area contributed by atoms with Gasteiger partial charge in [0.1, 0.15) is 11.7 Å². The number of H-pyrrole nitrogens is 1. The van der Waals surface area contributed by atoms with Gasteiger partial charge in [-0.05, 0) is 37.3 Å². The van der Waals surface area contributed by atoms with Crippen LogP contribution in [0.2, 0.25) is 0 Å². The molecule has 0 saturated heterocycles. The van der Waals surface area contributed by atoms with Crippen LogP contribution in [-0.4, -0.2) is 27.8 Å². The molecule has 31 heavy (non-hydrogen) atoms. The van der Waals surface area contributed by atoms with Crippen molar-refractivity contribution >= 4 is 34.2 Å². The quantitative estimate of drug-likeness (QED) is 0.540. The molecule has 2 heterocycles. The lowest BCUT2D eigenvalue weighted by atomic mass is 9.86. The number of alkyl halides is 3. The number of anilines is 1. The molecule has 0 aliphatic carbocycles. The lowest BCUT2D eigenvalue weighted by Crippen LogP contribution is -2.45. The Kier molecular flexibility index (Phi) is 4.96. The molecule has 160 valence electrons. The van der Waals surface area contributed by atoms with Crippen LogP contribution in [0.25, 0.3) is 10.9 Å². The molecule has 4 rings (SSSR count). The van der Waals surface area contributed by atoms with Crippen molar-refractivity contribution in [3.63, 3.8) is 0 Å². The summed E-state index contributed by atoms with van der Waals surface area (Å²) in [5.41, 5.74) is -0.132. The Morgan fingerprint density at radius 2 is 1.94 bits per heavy atom. The van der Waals surface area contributed by atoms with Gasteiger partial charge in [-0.15, -0.1) is 0 Å². The number of carbonyl (C=O) groups is 2. The number of hydrogen-bond acceptors (Lipinski definition) is 3. The normalized spacial score (nSPS) is 19.1. The Bertz CT molecular complexity index is 1220. The van der Waals surface area contributed by atoms with E-state index in [2.05, 4.69) is 25.8 Å². The Morgan fingerprint density at radius 1 is 1.16 bits per heavy atom. The van der Waals surface area contributed by atoms with Crippen molar-refractivity contribution < 1.29 is 27.2 Å². The van der Waals surface area contributed by atoms with Crippen LogP contribution in [-0.2, 0) is 11.0 Å².